The fourth-order valence-electron chi connectivity index (χ4n) is 1.25. The van der Waals surface area contributed by atoms with E-state index in [2.05, 4.69) is 20.7 Å². The number of carbonyl (C=O) groups excluding carboxylic acids is 1. The van der Waals surface area contributed by atoms with Crippen LogP contribution in [0.15, 0.2) is 27.6 Å². The molecule has 18 heavy (non-hydrogen) atoms. The van der Waals surface area contributed by atoms with Gasteiger partial charge < -0.3 is 10.5 Å². The number of hydrogen-bond donors (Lipinski definition) is 2. The second-order valence-electron chi connectivity index (χ2n) is 3.41. The number of amides is 1. The number of benzene rings is 1. The number of halogens is 1. The first-order valence-electron chi connectivity index (χ1n) is 4.98. The smallest absolute Gasteiger partial charge is 0.244 e. The standard InChI is InChI=1S/C10H13BrN2O4S/c1-17-8-3-2-7(11)6-9(8)18(15,16)13-5-4-10(12)14/h2-3,6,13H,4-5H2,1H3,(H2,12,14). The fraction of sp³-hybridized carbons (Fsp3) is 0.300. The van der Waals surface area contributed by atoms with E-state index in [1.54, 1.807) is 6.07 Å². The quantitative estimate of drug-likeness (QED) is 0.795. The molecule has 0 saturated heterocycles. The Morgan fingerprint density at radius 3 is 2.72 bits per heavy atom. The van der Waals surface area contributed by atoms with Crippen LogP contribution in [0.5, 0.6) is 5.75 Å². The second-order valence-corrected chi connectivity index (χ2v) is 6.06. The van der Waals surface area contributed by atoms with Crippen molar-refractivity contribution in [2.75, 3.05) is 13.7 Å². The molecular weight excluding hydrogens is 324 g/mol. The molecule has 0 aromatic heterocycles. The summed E-state index contributed by atoms with van der Waals surface area (Å²) < 4.78 is 31.8. The SMILES string of the molecule is COc1ccc(Br)cc1S(=O)(=O)NCCC(N)=O. The van der Waals surface area contributed by atoms with E-state index >= 15 is 0 Å². The van der Waals surface area contributed by atoms with Gasteiger partial charge in [0.05, 0.1) is 7.11 Å². The van der Waals surface area contributed by atoms with Gasteiger partial charge in [-0.15, -0.1) is 0 Å². The van der Waals surface area contributed by atoms with Crippen molar-refractivity contribution in [3.05, 3.63) is 22.7 Å². The number of hydrogen-bond acceptors (Lipinski definition) is 4. The molecule has 0 radical (unpaired) electrons. The molecule has 1 amide bonds. The molecular formula is C10H13BrN2O4S. The topological polar surface area (TPSA) is 98.5 Å². The number of sulfonamides is 1. The van der Waals surface area contributed by atoms with Crippen LogP contribution in [0.2, 0.25) is 0 Å². The minimum atomic E-state index is -3.73. The number of carbonyl (C=O) groups is 1. The molecule has 0 fully saturated rings. The van der Waals surface area contributed by atoms with Crippen molar-refractivity contribution in [1.82, 2.24) is 4.72 Å². The summed E-state index contributed by atoms with van der Waals surface area (Å²) in [5.41, 5.74) is 4.93. The lowest BCUT2D eigenvalue weighted by molar-refractivity contribution is -0.117. The number of methoxy groups -OCH3 is 1. The Kier molecular flexibility index (Phi) is 5.12. The lowest BCUT2D eigenvalue weighted by Crippen LogP contribution is -2.28. The lowest BCUT2D eigenvalue weighted by Gasteiger charge is -2.10. The Morgan fingerprint density at radius 1 is 1.50 bits per heavy atom. The van der Waals surface area contributed by atoms with Gasteiger partial charge in [-0.25, -0.2) is 13.1 Å². The van der Waals surface area contributed by atoms with Gasteiger partial charge in [0, 0.05) is 17.4 Å². The van der Waals surface area contributed by atoms with Gasteiger partial charge in [-0.3, -0.25) is 4.79 Å². The molecule has 1 aromatic rings. The van der Waals surface area contributed by atoms with E-state index in [4.69, 9.17) is 10.5 Å². The van der Waals surface area contributed by atoms with Gasteiger partial charge in [0.15, 0.2) is 0 Å². The molecule has 8 heteroatoms. The summed E-state index contributed by atoms with van der Waals surface area (Å²) in [6.07, 6.45) is -0.0600. The third-order valence-electron chi connectivity index (χ3n) is 2.08. The van der Waals surface area contributed by atoms with Crippen LogP contribution in [0.1, 0.15) is 6.42 Å². The first-order chi connectivity index (χ1) is 8.36. The minimum Gasteiger partial charge on any atom is -0.495 e. The number of rotatable bonds is 6. The van der Waals surface area contributed by atoms with E-state index in [0.29, 0.717) is 4.47 Å². The molecule has 0 bridgehead atoms. The summed E-state index contributed by atoms with van der Waals surface area (Å²) in [6, 6.07) is 4.62. The van der Waals surface area contributed by atoms with Crippen molar-refractivity contribution in [1.29, 1.82) is 0 Å². The van der Waals surface area contributed by atoms with Crippen molar-refractivity contribution in [3.8, 4) is 5.75 Å². The van der Waals surface area contributed by atoms with Crippen LogP contribution in [-0.2, 0) is 14.8 Å². The molecule has 0 heterocycles. The summed E-state index contributed by atoms with van der Waals surface area (Å²) in [5.74, 6) is -0.344. The van der Waals surface area contributed by atoms with Crippen LogP contribution in [-0.4, -0.2) is 28.0 Å². The molecule has 1 aromatic carbocycles. The summed E-state index contributed by atoms with van der Waals surface area (Å²) in [7, 11) is -2.35. The molecule has 0 spiro atoms. The highest BCUT2D eigenvalue weighted by Crippen LogP contribution is 2.26. The molecule has 100 valence electrons. The predicted octanol–water partition coefficient (Wildman–Crippen LogP) is 0.611. The number of primary amides is 1. The molecule has 0 aliphatic carbocycles. The van der Waals surface area contributed by atoms with Crippen molar-refractivity contribution in [2.45, 2.75) is 11.3 Å². The van der Waals surface area contributed by atoms with E-state index in [1.165, 1.54) is 19.2 Å². The third-order valence-corrected chi connectivity index (χ3v) is 4.05. The number of nitrogens with two attached hydrogens (primary N) is 1. The molecule has 0 saturated carbocycles. The third kappa shape index (κ3) is 3.97. The Bertz CT molecular complexity index is 545. The van der Waals surface area contributed by atoms with Crippen molar-refractivity contribution in [3.63, 3.8) is 0 Å². The highest BCUT2D eigenvalue weighted by molar-refractivity contribution is 9.10. The zero-order valence-corrected chi connectivity index (χ0v) is 12.0. The van der Waals surface area contributed by atoms with Gasteiger partial charge in [-0.05, 0) is 18.2 Å². The maximum Gasteiger partial charge on any atom is 0.244 e. The normalized spacial score (nSPS) is 11.2. The minimum absolute atomic E-state index is 0.00356. The Balaban J connectivity index is 2.97. The lowest BCUT2D eigenvalue weighted by atomic mass is 10.3. The van der Waals surface area contributed by atoms with Gasteiger partial charge in [0.25, 0.3) is 0 Å². The molecule has 0 unspecified atom stereocenters. The molecule has 0 aliphatic heterocycles. The first kappa shape index (κ1) is 14.9. The van der Waals surface area contributed by atoms with Crippen LogP contribution in [0.3, 0.4) is 0 Å². The molecule has 0 aliphatic rings. The van der Waals surface area contributed by atoms with E-state index < -0.39 is 15.9 Å². The molecule has 6 nitrogen and oxygen atoms in total. The van der Waals surface area contributed by atoms with E-state index in [0.717, 1.165) is 0 Å². The van der Waals surface area contributed by atoms with Crippen LogP contribution < -0.4 is 15.2 Å². The maximum absolute atomic E-state index is 12.0. The van der Waals surface area contributed by atoms with E-state index in [1.807, 2.05) is 0 Å². The van der Waals surface area contributed by atoms with Crippen LogP contribution in [0.4, 0.5) is 0 Å². The zero-order valence-electron chi connectivity index (χ0n) is 9.64. The largest absolute Gasteiger partial charge is 0.495 e. The van der Waals surface area contributed by atoms with E-state index in [-0.39, 0.29) is 23.6 Å². The fourth-order valence-corrected chi connectivity index (χ4v) is 2.98. The highest BCUT2D eigenvalue weighted by Gasteiger charge is 2.19. The van der Waals surface area contributed by atoms with Gasteiger partial charge >= 0.3 is 0 Å². The second kappa shape index (κ2) is 6.17. The van der Waals surface area contributed by atoms with Gasteiger partial charge in [0.2, 0.25) is 15.9 Å². The summed E-state index contributed by atoms with van der Waals surface area (Å²) in [6.45, 7) is -0.0483. The number of ether oxygens (including phenoxy) is 1. The predicted molar refractivity (Wildman–Crippen MR) is 69.7 cm³/mol. The van der Waals surface area contributed by atoms with Crippen molar-refractivity contribution < 1.29 is 17.9 Å². The van der Waals surface area contributed by atoms with Crippen LogP contribution in [0, 0.1) is 0 Å². The average Bonchev–Trinajstić information content (AvgIpc) is 2.28. The monoisotopic (exact) mass is 336 g/mol. The maximum atomic E-state index is 12.0. The summed E-state index contributed by atoms with van der Waals surface area (Å²) in [5, 5.41) is 0. The average molecular weight is 337 g/mol. The summed E-state index contributed by atoms with van der Waals surface area (Å²) >= 11 is 3.19. The number of nitrogens with one attached hydrogen (secondary N) is 1. The van der Waals surface area contributed by atoms with E-state index in [9.17, 15) is 13.2 Å². The highest BCUT2D eigenvalue weighted by atomic mass is 79.9. The zero-order chi connectivity index (χ0) is 13.8. The first-order valence-corrected chi connectivity index (χ1v) is 7.26. The van der Waals surface area contributed by atoms with Gasteiger partial charge in [-0.1, -0.05) is 15.9 Å². The summed E-state index contributed by atoms with van der Waals surface area (Å²) in [4.78, 5) is 10.6. The Labute approximate surface area is 114 Å². The van der Waals surface area contributed by atoms with Crippen molar-refractivity contribution in [2.24, 2.45) is 5.73 Å². The Hall–Kier alpha value is -1.12. The Morgan fingerprint density at radius 2 is 2.17 bits per heavy atom. The molecule has 1 rings (SSSR count). The van der Waals surface area contributed by atoms with Crippen LogP contribution in [0.25, 0.3) is 0 Å². The van der Waals surface area contributed by atoms with Gasteiger partial charge in [0.1, 0.15) is 10.6 Å². The molecule has 3 N–H and O–H groups in total. The van der Waals surface area contributed by atoms with Crippen molar-refractivity contribution >= 4 is 31.9 Å². The molecule has 0 atom stereocenters. The van der Waals surface area contributed by atoms with Crippen LogP contribution >= 0.6 is 15.9 Å². The van der Waals surface area contributed by atoms with Gasteiger partial charge in [-0.2, -0.15) is 0 Å².